The lowest BCUT2D eigenvalue weighted by molar-refractivity contribution is 0.202. The zero-order valence-electron chi connectivity index (χ0n) is 11.2. The highest BCUT2D eigenvalue weighted by molar-refractivity contribution is 5.42. The number of aromatic nitrogens is 1. The van der Waals surface area contributed by atoms with E-state index < -0.39 is 0 Å². The van der Waals surface area contributed by atoms with Gasteiger partial charge in [0.2, 0.25) is 0 Å². The van der Waals surface area contributed by atoms with Gasteiger partial charge in [-0.2, -0.15) is 0 Å². The lowest BCUT2D eigenvalue weighted by atomic mass is 10.1. The first kappa shape index (κ1) is 13.4. The van der Waals surface area contributed by atoms with Crippen molar-refractivity contribution in [3.63, 3.8) is 0 Å². The molecule has 1 N–H and O–H groups in total. The van der Waals surface area contributed by atoms with Gasteiger partial charge in [0.1, 0.15) is 17.3 Å². The normalized spacial score (nSPS) is 10.2. The van der Waals surface area contributed by atoms with E-state index in [2.05, 4.69) is 22.4 Å². The maximum atomic E-state index is 5.77. The Bertz CT molecular complexity index is 512. The maximum Gasteiger partial charge on any atom is 0.132 e. The fourth-order valence-electron chi connectivity index (χ4n) is 1.69. The zero-order chi connectivity index (χ0) is 13.5. The second-order valence-corrected chi connectivity index (χ2v) is 4.12. The van der Waals surface area contributed by atoms with Gasteiger partial charge in [-0.1, -0.05) is 12.1 Å². The summed E-state index contributed by atoms with van der Waals surface area (Å²) < 4.78 is 10.8. The number of nitrogens with one attached hydrogen (secondary N) is 1. The van der Waals surface area contributed by atoms with E-state index >= 15 is 0 Å². The van der Waals surface area contributed by atoms with Gasteiger partial charge in [-0.05, 0) is 30.2 Å². The Balaban J connectivity index is 2.02. The molecule has 19 heavy (non-hydrogen) atoms. The predicted octanol–water partition coefficient (Wildman–Crippen LogP) is 3.10. The van der Waals surface area contributed by atoms with E-state index in [1.54, 1.807) is 13.3 Å². The van der Waals surface area contributed by atoms with E-state index in [1.165, 1.54) is 5.56 Å². The molecule has 1 aromatic heterocycles. The highest BCUT2D eigenvalue weighted by Crippen LogP contribution is 2.23. The fourth-order valence-corrected chi connectivity index (χ4v) is 1.69. The van der Waals surface area contributed by atoms with Gasteiger partial charge < -0.3 is 14.8 Å². The average molecular weight is 258 g/mol. The van der Waals surface area contributed by atoms with Gasteiger partial charge in [-0.15, -0.1) is 0 Å². The van der Waals surface area contributed by atoms with Crippen molar-refractivity contribution in [2.45, 2.75) is 6.42 Å². The molecule has 1 aromatic carbocycles. The maximum absolute atomic E-state index is 5.77. The molecule has 0 amide bonds. The number of pyridine rings is 1. The lowest BCUT2D eigenvalue weighted by Gasteiger charge is -2.08. The Morgan fingerprint density at radius 1 is 1.11 bits per heavy atom. The Labute approximate surface area is 113 Å². The molecular formula is C15H18N2O2. The number of nitrogens with zero attached hydrogens (tertiary/aromatic N) is 1. The van der Waals surface area contributed by atoms with Gasteiger partial charge in [0.25, 0.3) is 0 Å². The van der Waals surface area contributed by atoms with Crippen LogP contribution in [-0.4, -0.2) is 25.7 Å². The van der Waals surface area contributed by atoms with Crippen LogP contribution in [-0.2, 0) is 11.2 Å². The molecule has 4 heteroatoms. The summed E-state index contributed by atoms with van der Waals surface area (Å²) >= 11 is 0. The molecule has 2 aromatic rings. The summed E-state index contributed by atoms with van der Waals surface area (Å²) in [5.74, 6) is 2.37. The molecule has 0 radical (unpaired) electrons. The first-order valence-corrected chi connectivity index (χ1v) is 6.21. The summed E-state index contributed by atoms with van der Waals surface area (Å²) in [5.41, 5.74) is 1.24. The van der Waals surface area contributed by atoms with Crippen LogP contribution in [0.25, 0.3) is 0 Å². The molecule has 0 aliphatic rings. The number of anilines is 1. The van der Waals surface area contributed by atoms with E-state index in [9.17, 15) is 0 Å². The lowest BCUT2D eigenvalue weighted by Crippen LogP contribution is -1.94. The highest BCUT2D eigenvalue weighted by atomic mass is 16.5. The Morgan fingerprint density at radius 2 is 1.89 bits per heavy atom. The van der Waals surface area contributed by atoms with Crippen LogP contribution >= 0.6 is 0 Å². The third-order valence-corrected chi connectivity index (χ3v) is 2.74. The molecule has 0 bridgehead atoms. The summed E-state index contributed by atoms with van der Waals surface area (Å²) in [4.78, 5) is 4.14. The molecule has 0 fully saturated rings. The van der Waals surface area contributed by atoms with Gasteiger partial charge in [0.15, 0.2) is 0 Å². The quantitative estimate of drug-likeness (QED) is 0.864. The van der Waals surface area contributed by atoms with E-state index in [0.29, 0.717) is 0 Å². The summed E-state index contributed by atoms with van der Waals surface area (Å²) in [6.45, 7) is 0.732. The number of hydrogen-bond donors (Lipinski definition) is 1. The van der Waals surface area contributed by atoms with Crippen molar-refractivity contribution < 1.29 is 9.47 Å². The first-order valence-electron chi connectivity index (χ1n) is 6.21. The van der Waals surface area contributed by atoms with Gasteiger partial charge in [-0.3, -0.25) is 0 Å². The van der Waals surface area contributed by atoms with Crippen molar-refractivity contribution in [3.8, 4) is 11.5 Å². The Kier molecular flexibility index (Phi) is 4.75. The van der Waals surface area contributed by atoms with Crippen LogP contribution in [0.15, 0.2) is 42.6 Å². The third kappa shape index (κ3) is 3.96. The van der Waals surface area contributed by atoms with E-state index in [1.807, 2.05) is 31.3 Å². The Hall–Kier alpha value is -2.07. The molecule has 1 heterocycles. The second-order valence-electron chi connectivity index (χ2n) is 4.12. The van der Waals surface area contributed by atoms with Crippen LogP contribution in [0.1, 0.15) is 5.56 Å². The van der Waals surface area contributed by atoms with Crippen molar-refractivity contribution in [2.75, 3.05) is 26.1 Å². The molecule has 2 rings (SSSR count). The van der Waals surface area contributed by atoms with Crippen molar-refractivity contribution in [3.05, 3.63) is 48.2 Å². The van der Waals surface area contributed by atoms with Gasteiger partial charge in [-0.25, -0.2) is 4.98 Å². The molecule has 0 aliphatic heterocycles. The van der Waals surface area contributed by atoms with Crippen molar-refractivity contribution in [1.82, 2.24) is 4.98 Å². The van der Waals surface area contributed by atoms with Crippen LogP contribution < -0.4 is 10.1 Å². The number of ether oxygens (including phenoxy) is 2. The van der Waals surface area contributed by atoms with Gasteiger partial charge in [0, 0.05) is 26.4 Å². The minimum absolute atomic E-state index is 0.732. The monoisotopic (exact) mass is 258 g/mol. The number of methoxy groups -OCH3 is 1. The van der Waals surface area contributed by atoms with Crippen LogP contribution in [0.4, 0.5) is 5.82 Å². The Morgan fingerprint density at radius 3 is 2.58 bits per heavy atom. The number of benzene rings is 1. The molecular weight excluding hydrogens is 240 g/mol. The van der Waals surface area contributed by atoms with Crippen molar-refractivity contribution >= 4 is 5.82 Å². The van der Waals surface area contributed by atoms with Crippen LogP contribution in [0.2, 0.25) is 0 Å². The molecule has 0 unspecified atom stereocenters. The van der Waals surface area contributed by atoms with Crippen LogP contribution in [0.5, 0.6) is 11.5 Å². The molecule has 0 spiro atoms. The summed E-state index contributed by atoms with van der Waals surface area (Å²) in [7, 11) is 3.54. The summed E-state index contributed by atoms with van der Waals surface area (Å²) in [6, 6.07) is 11.7. The minimum Gasteiger partial charge on any atom is -0.457 e. The second kappa shape index (κ2) is 6.75. The third-order valence-electron chi connectivity index (χ3n) is 2.74. The zero-order valence-corrected chi connectivity index (χ0v) is 11.2. The van der Waals surface area contributed by atoms with Gasteiger partial charge in [0.05, 0.1) is 6.61 Å². The summed E-state index contributed by atoms with van der Waals surface area (Å²) in [6.07, 6.45) is 2.63. The van der Waals surface area contributed by atoms with E-state index in [-0.39, 0.29) is 0 Å². The molecule has 100 valence electrons. The first-order chi connectivity index (χ1) is 9.31. The number of rotatable bonds is 6. The minimum atomic E-state index is 0.732. The van der Waals surface area contributed by atoms with Crippen molar-refractivity contribution in [2.24, 2.45) is 0 Å². The van der Waals surface area contributed by atoms with E-state index in [0.717, 1.165) is 30.3 Å². The molecule has 0 saturated heterocycles. The molecule has 0 atom stereocenters. The summed E-state index contributed by atoms with van der Waals surface area (Å²) in [5, 5.41) is 2.98. The average Bonchev–Trinajstić information content (AvgIpc) is 2.47. The predicted molar refractivity (Wildman–Crippen MR) is 75.9 cm³/mol. The van der Waals surface area contributed by atoms with Crippen LogP contribution in [0.3, 0.4) is 0 Å². The SMILES string of the molecule is CNc1cc(Oc2ccc(CCOC)cc2)ccn1. The van der Waals surface area contributed by atoms with Crippen LogP contribution in [0, 0.1) is 0 Å². The largest absolute Gasteiger partial charge is 0.457 e. The topological polar surface area (TPSA) is 43.4 Å². The molecule has 0 aliphatic carbocycles. The molecule has 4 nitrogen and oxygen atoms in total. The van der Waals surface area contributed by atoms with Crippen molar-refractivity contribution in [1.29, 1.82) is 0 Å². The number of hydrogen-bond acceptors (Lipinski definition) is 4. The van der Waals surface area contributed by atoms with Gasteiger partial charge >= 0.3 is 0 Å². The smallest absolute Gasteiger partial charge is 0.132 e. The van der Waals surface area contributed by atoms with E-state index in [4.69, 9.17) is 9.47 Å². The fraction of sp³-hybridized carbons (Fsp3) is 0.267. The highest BCUT2D eigenvalue weighted by Gasteiger charge is 2.00. The molecule has 0 saturated carbocycles. The standard InChI is InChI=1S/C15H18N2O2/c1-16-15-11-14(7-9-17-15)19-13-5-3-12(4-6-13)8-10-18-2/h3-7,9,11H,8,10H2,1-2H3,(H,16,17).